The average Bonchev–Trinajstić information content (AvgIpc) is 2.46. The molecule has 0 aromatic heterocycles. The Morgan fingerprint density at radius 2 is 2.00 bits per heavy atom. The Bertz CT molecular complexity index is 478. The van der Waals surface area contributed by atoms with Gasteiger partial charge in [-0.3, -0.25) is 0 Å². The number of nitrogens with one attached hydrogen (secondary N) is 2. The number of carboxylic acids is 1. The number of rotatable bonds is 8. The van der Waals surface area contributed by atoms with Crippen molar-refractivity contribution in [3.63, 3.8) is 0 Å². The summed E-state index contributed by atoms with van der Waals surface area (Å²) in [7, 11) is 2.89. The third-order valence-corrected chi connectivity index (χ3v) is 2.85. The summed E-state index contributed by atoms with van der Waals surface area (Å²) >= 11 is 0. The van der Waals surface area contributed by atoms with Crippen LogP contribution in [-0.4, -0.2) is 50.6 Å². The van der Waals surface area contributed by atoms with Crippen LogP contribution < -0.4 is 10.6 Å². The third kappa shape index (κ3) is 5.80. The van der Waals surface area contributed by atoms with Crippen LogP contribution >= 0.6 is 0 Å². The summed E-state index contributed by atoms with van der Waals surface area (Å²) in [4.78, 5) is 22.5. The van der Waals surface area contributed by atoms with Crippen molar-refractivity contribution in [3.8, 4) is 0 Å². The van der Waals surface area contributed by atoms with Gasteiger partial charge in [0.15, 0.2) is 6.10 Å². The predicted molar refractivity (Wildman–Crippen MR) is 77.5 cm³/mol. The summed E-state index contributed by atoms with van der Waals surface area (Å²) in [5, 5.41) is 13.9. The molecule has 116 valence electrons. The van der Waals surface area contributed by atoms with Gasteiger partial charge in [-0.2, -0.15) is 0 Å². The number of carboxylic acid groups (broad SMARTS) is 1. The minimum atomic E-state index is -1.13. The number of methoxy groups -OCH3 is 2. The first-order chi connectivity index (χ1) is 10.1. The maximum absolute atomic E-state index is 11.8. The number of carbonyl (C=O) groups excluding carboxylic acids is 1. The van der Waals surface area contributed by atoms with Gasteiger partial charge in [-0.25, -0.2) is 9.59 Å². The highest BCUT2D eigenvalue weighted by Crippen LogP contribution is 2.15. The number of carbonyl (C=O) groups is 2. The molecule has 0 spiro atoms. The van der Waals surface area contributed by atoms with Crippen molar-refractivity contribution < 1.29 is 24.2 Å². The van der Waals surface area contributed by atoms with Crippen LogP contribution in [0.25, 0.3) is 0 Å². The van der Waals surface area contributed by atoms with Crippen molar-refractivity contribution in [2.75, 3.05) is 32.7 Å². The fraction of sp³-hybridized carbons (Fsp3) is 0.429. The lowest BCUT2D eigenvalue weighted by atomic mass is 10.1. The van der Waals surface area contributed by atoms with Gasteiger partial charge in [0.2, 0.25) is 0 Å². The molecule has 1 aromatic carbocycles. The van der Waals surface area contributed by atoms with Gasteiger partial charge in [-0.05, 0) is 18.1 Å². The smallest absolute Gasteiger partial charge is 0.334 e. The molecule has 21 heavy (non-hydrogen) atoms. The second kappa shape index (κ2) is 8.93. The zero-order chi connectivity index (χ0) is 15.7. The first kappa shape index (κ1) is 16.9. The van der Waals surface area contributed by atoms with Gasteiger partial charge in [0.1, 0.15) is 0 Å². The van der Waals surface area contributed by atoms with Gasteiger partial charge in [-0.15, -0.1) is 0 Å². The van der Waals surface area contributed by atoms with E-state index in [0.717, 1.165) is 5.56 Å². The van der Waals surface area contributed by atoms with E-state index in [2.05, 4.69) is 10.6 Å². The molecule has 0 radical (unpaired) electrons. The second-order valence-corrected chi connectivity index (χ2v) is 4.30. The van der Waals surface area contributed by atoms with E-state index in [-0.39, 0.29) is 6.54 Å². The molecule has 2 amide bonds. The number of hydrogen-bond donors (Lipinski definition) is 3. The van der Waals surface area contributed by atoms with E-state index in [9.17, 15) is 9.59 Å². The molecule has 7 heteroatoms. The molecule has 1 aromatic rings. The minimum Gasteiger partial charge on any atom is -0.479 e. The topological polar surface area (TPSA) is 96.9 Å². The van der Waals surface area contributed by atoms with Gasteiger partial charge in [0.25, 0.3) is 0 Å². The molecule has 1 unspecified atom stereocenters. The first-order valence-corrected chi connectivity index (χ1v) is 6.45. The lowest BCUT2D eigenvalue weighted by Crippen LogP contribution is -2.39. The van der Waals surface area contributed by atoms with Crippen molar-refractivity contribution in [1.82, 2.24) is 5.32 Å². The summed E-state index contributed by atoms with van der Waals surface area (Å²) in [5.74, 6) is -1.13. The number of para-hydroxylation sites is 1. The molecule has 0 saturated heterocycles. The number of aliphatic carboxylic acids is 1. The Morgan fingerprint density at radius 3 is 2.62 bits per heavy atom. The van der Waals surface area contributed by atoms with Crippen LogP contribution in [0.1, 0.15) is 5.56 Å². The molecular weight excluding hydrogens is 276 g/mol. The zero-order valence-electron chi connectivity index (χ0n) is 12.1. The predicted octanol–water partition coefficient (Wildman–Crippen LogP) is 1.10. The summed E-state index contributed by atoms with van der Waals surface area (Å²) in [5.41, 5.74) is 1.60. The molecule has 1 rings (SSSR count). The SMILES string of the molecule is COCCc1ccccc1NC(=O)NCC(OC)C(=O)O. The number of anilines is 1. The van der Waals surface area contributed by atoms with Crippen LogP contribution in [-0.2, 0) is 20.7 Å². The standard InChI is InChI=1S/C14H20N2O5/c1-20-8-7-10-5-3-4-6-11(10)16-14(19)15-9-12(21-2)13(17)18/h3-6,12H,7-9H2,1-2H3,(H,17,18)(H2,15,16,19). The van der Waals surface area contributed by atoms with E-state index >= 15 is 0 Å². The quantitative estimate of drug-likeness (QED) is 0.667. The van der Waals surface area contributed by atoms with Gasteiger partial charge in [0, 0.05) is 19.9 Å². The molecule has 0 saturated carbocycles. The number of urea groups is 1. The summed E-state index contributed by atoms with van der Waals surface area (Å²) in [6.45, 7) is 0.434. The van der Waals surface area contributed by atoms with Crippen LogP contribution in [0.2, 0.25) is 0 Å². The van der Waals surface area contributed by atoms with Crippen LogP contribution in [0.5, 0.6) is 0 Å². The van der Waals surface area contributed by atoms with Crippen LogP contribution in [0.3, 0.4) is 0 Å². The van der Waals surface area contributed by atoms with Gasteiger partial charge < -0.3 is 25.2 Å². The maximum Gasteiger partial charge on any atom is 0.334 e. The fourth-order valence-electron chi connectivity index (χ4n) is 1.70. The van der Waals surface area contributed by atoms with Gasteiger partial charge in [0.05, 0.1) is 13.2 Å². The van der Waals surface area contributed by atoms with Crippen molar-refractivity contribution >= 4 is 17.7 Å². The molecule has 0 heterocycles. The van der Waals surface area contributed by atoms with Crippen molar-refractivity contribution in [2.24, 2.45) is 0 Å². The van der Waals surface area contributed by atoms with E-state index in [1.807, 2.05) is 12.1 Å². The first-order valence-electron chi connectivity index (χ1n) is 6.45. The summed E-state index contributed by atoms with van der Waals surface area (Å²) < 4.78 is 9.75. The molecule has 0 aliphatic rings. The van der Waals surface area contributed by atoms with E-state index in [1.165, 1.54) is 7.11 Å². The van der Waals surface area contributed by atoms with Gasteiger partial charge in [-0.1, -0.05) is 18.2 Å². The van der Waals surface area contributed by atoms with E-state index in [4.69, 9.17) is 14.6 Å². The molecular formula is C14H20N2O5. The lowest BCUT2D eigenvalue weighted by molar-refractivity contribution is -0.147. The maximum atomic E-state index is 11.8. The van der Waals surface area contributed by atoms with Crippen LogP contribution in [0.15, 0.2) is 24.3 Å². The molecule has 1 atom stereocenters. The number of amides is 2. The zero-order valence-corrected chi connectivity index (χ0v) is 12.1. The minimum absolute atomic E-state index is 0.113. The normalized spacial score (nSPS) is 11.7. The van der Waals surface area contributed by atoms with Crippen molar-refractivity contribution in [2.45, 2.75) is 12.5 Å². The summed E-state index contributed by atoms with van der Waals surface area (Å²) in [6, 6.07) is 6.86. The Kier molecular flexibility index (Phi) is 7.20. The van der Waals surface area contributed by atoms with Crippen LogP contribution in [0, 0.1) is 0 Å². The molecule has 7 nitrogen and oxygen atoms in total. The van der Waals surface area contributed by atoms with E-state index in [1.54, 1.807) is 19.2 Å². The molecule has 0 bridgehead atoms. The Labute approximate surface area is 123 Å². The Morgan fingerprint density at radius 1 is 1.29 bits per heavy atom. The lowest BCUT2D eigenvalue weighted by Gasteiger charge is -2.14. The number of hydrogen-bond acceptors (Lipinski definition) is 4. The highest BCUT2D eigenvalue weighted by molar-refractivity contribution is 5.90. The van der Waals surface area contributed by atoms with E-state index in [0.29, 0.717) is 18.7 Å². The number of ether oxygens (including phenoxy) is 2. The highest BCUT2D eigenvalue weighted by Gasteiger charge is 2.17. The van der Waals surface area contributed by atoms with Gasteiger partial charge >= 0.3 is 12.0 Å². The number of benzene rings is 1. The Hall–Kier alpha value is -2.12. The molecule has 3 N–H and O–H groups in total. The second-order valence-electron chi connectivity index (χ2n) is 4.30. The summed E-state index contributed by atoms with van der Waals surface area (Å²) in [6.07, 6.45) is -0.401. The highest BCUT2D eigenvalue weighted by atomic mass is 16.5. The molecule has 0 fully saturated rings. The van der Waals surface area contributed by atoms with Crippen molar-refractivity contribution in [3.05, 3.63) is 29.8 Å². The average molecular weight is 296 g/mol. The molecule has 0 aliphatic heterocycles. The third-order valence-electron chi connectivity index (χ3n) is 2.85. The molecule has 0 aliphatic carbocycles. The Balaban J connectivity index is 2.56. The monoisotopic (exact) mass is 296 g/mol. The van der Waals surface area contributed by atoms with E-state index < -0.39 is 18.1 Å². The van der Waals surface area contributed by atoms with Crippen molar-refractivity contribution in [1.29, 1.82) is 0 Å². The largest absolute Gasteiger partial charge is 0.479 e. The van der Waals surface area contributed by atoms with Crippen LogP contribution in [0.4, 0.5) is 10.5 Å². The fourth-order valence-corrected chi connectivity index (χ4v) is 1.70.